The maximum Gasteiger partial charge on any atom is 0.242 e. The number of aryl methyl sites for hydroxylation is 1. The fourth-order valence-electron chi connectivity index (χ4n) is 3.19. The van der Waals surface area contributed by atoms with Gasteiger partial charge in [0, 0.05) is 23.7 Å². The predicted molar refractivity (Wildman–Crippen MR) is 119 cm³/mol. The Morgan fingerprint density at radius 3 is 2.37 bits per heavy atom. The van der Waals surface area contributed by atoms with Gasteiger partial charge in [-0.25, -0.2) is 4.39 Å². The molecule has 0 aromatic heterocycles. The lowest BCUT2D eigenvalue weighted by Crippen LogP contribution is -2.50. The van der Waals surface area contributed by atoms with E-state index in [2.05, 4.69) is 5.32 Å². The van der Waals surface area contributed by atoms with E-state index < -0.39 is 11.9 Å². The Morgan fingerprint density at radius 1 is 1.13 bits per heavy atom. The normalized spacial score (nSPS) is 12.0. The van der Waals surface area contributed by atoms with Crippen LogP contribution < -0.4 is 5.32 Å². The lowest BCUT2D eigenvalue weighted by molar-refractivity contribution is -0.141. The molecule has 0 heterocycles. The Kier molecular flexibility index (Phi) is 8.85. The molecule has 162 valence electrons. The van der Waals surface area contributed by atoms with Crippen molar-refractivity contribution in [1.29, 1.82) is 0 Å². The predicted octanol–water partition coefficient (Wildman–Crippen LogP) is 4.91. The molecule has 0 aliphatic rings. The standard InChI is InChI=1S/C24H30ClFN2O2/c1-5-22(24(30)27-14-16(2)3)28(15-18-11-9-17(4)10-12-18)23(29)13-19-20(25)7-6-8-21(19)26/h6-12,16,22H,5,13-15H2,1-4H3,(H,27,30)/t22-/m0/s1. The Hall–Kier alpha value is -2.40. The number of nitrogens with one attached hydrogen (secondary N) is 1. The third-order valence-electron chi connectivity index (χ3n) is 4.93. The Morgan fingerprint density at radius 2 is 1.80 bits per heavy atom. The van der Waals surface area contributed by atoms with Gasteiger partial charge in [0.1, 0.15) is 11.9 Å². The molecule has 0 aliphatic heterocycles. The summed E-state index contributed by atoms with van der Waals surface area (Å²) in [6.07, 6.45) is 0.248. The van der Waals surface area contributed by atoms with Crippen molar-refractivity contribution in [2.24, 2.45) is 5.92 Å². The fraction of sp³-hybridized carbons (Fsp3) is 0.417. The molecule has 4 nitrogen and oxygen atoms in total. The fourth-order valence-corrected chi connectivity index (χ4v) is 3.42. The third-order valence-corrected chi connectivity index (χ3v) is 5.29. The minimum absolute atomic E-state index is 0.149. The highest BCUT2D eigenvalue weighted by Gasteiger charge is 2.29. The summed E-state index contributed by atoms with van der Waals surface area (Å²) in [5.74, 6) is -0.770. The topological polar surface area (TPSA) is 49.4 Å². The highest BCUT2D eigenvalue weighted by Crippen LogP contribution is 2.22. The summed E-state index contributed by atoms with van der Waals surface area (Å²) in [5.41, 5.74) is 2.16. The zero-order valence-corrected chi connectivity index (χ0v) is 18.8. The first kappa shape index (κ1) is 23.9. The zero-order chi connectivity index (χ0) is 22.3. The number of hydrogen-bond donors (Lipinski definition) is 1. The molecule has 0 saturated carbocycles. The van der Waals surface area contributed by atoms with Gasteiger partial charge >= 0.3 is 0 Å². The molecule has 2 aromatic carbocycles. The monoisotopic (exact) mass is 432 g/mol. The molecule has 0 spiro atoms. The van der Waals surface area contributed by atoms with Crippen LogP contribution in [0.5, 0.6) is 0 Å². The molecule has 2 amide bonds. The van der Waals surface area contributed by atoms with E-state index in [9.17, 15) is 14.0 Å². The second kappa shape index (κ2) is 11.1. The highest BCUT2D eigenvalue weighted by molar-refractivity contribution is 6.31. The molecule has 1 N–H and O–H groups in total. The first-order valence-electron chi connectivity index (χ1n) is 10.3. The highest BCUT2D eigenvalue weighted by atomic mass is 35.5. The van der Waals surface area contributed by atoms with Crippen LogP contribution in [0, 0.1) is 18.7 Å². The molecule has 0 aliphatic carbocycles. The van der Waals surface area contributed by atoms with Crippen molar-refractivity contribution in [3.8, 4) is 0 Å². The van der Waals surface area contributed by atoms with Gasteiger partial charge in [-0.05, 0) is 37.0 Å². The van der Waals surface area contributed by atoms with Crippen molar-refractivity contribution < 1.29 is 14.0 Å². The molecular weight excluding hydrogens is 403 g/mol. The van der Waals surface area contributed by atoms with Gasteiger partial charge < -0.3 is 10.2 Å². The van der Waals surface area contributed by atoms with Crippen molar-refractivity contribution in [2.75, 3.05) is 6.54 Å². The van der Waals surface area contributed by atoms with Crippen LogP contribution in [0.1, 0.15) is 43.9 Å². The largest absolute Gasteiger partial charge is 0.354 e. The van der Waals surface area contributed by atoms with E-state index in [1.165, 1.54) is 17.0 Å². The van der Waals surface area contributed by atoms with Gasteiger partial charge in [0.2, 0.25) is 11.8 Å². The molecular formula is C24H30ClFN2O2. The Bertz CT molecular complexity index is 848. The second-order valence-electron chi connectivity index (χ2n) is 7.95. The van der Waals surface area contributed by atoms with Crippen LogP contribution in [-0.4, -0.2) is 29.3 Å². The average Bonchev–Trinajstić information content (AvgIpc) is 2.70. The number of carbonyl (C=O) groups excluding carboxylic acids is 2. The minimum Gasteiger partial charge on any atom is -0.354 e. The smallest absolute Gasteiger partial charge is 0.242 e. The Balaban J connectivity index is 2.32. The molecule has 0 saturated heterocycles. The number of halogens is 2. The van der Waals surface area contributed by atoms with E-state index in [0.29, 0.717) is 18.9 Å². The van der Waals surface area contributed by atoms with Gasteiger partial charge in [-0.2, -0.15) is 0 Å². The number of nitrogens with zero attached hydrogens (tertiary/aromatic N) is 1. The Labute approximate surface area is 183 Å². The lowest BCUT2D eigenvalue weighted by Gasteiger charge is -2.31. The van der Waals surface area contributed by atoms with E-state index in [4.69, 9.17) is 11.6 Å². The van der Waals surface area contributed by atoms with Gasteiger partial charge in [-0.15, -0.1) is 0 Å². The maximum atomic E-state index is 14.3. The summed E-state index contributed by atoms with van der Waals surface area (Å²) in [7, 11) is 0. The second-order valence-corrected chi connectivity index (χ2v) is 8.35. The zero-order valence-electron chi connectivity index (χ0n) is 18.0. The van der Waals surface area contributed by atoms with Crippen LogP contribution in [0.2, 0.25) is 5.02 Å². The van der Waals surface area contributed by atoms with Crippen LogP contribution in [0.4, 0.5) is 4.39 Å². The third kappa shape index (κ3) is 6.56. The molecule has 2 aromatic rings. The van der Waals surface area contributed by atoms with Gasteiger partial charge in [0.05, 0.1) is 6.42 Å². The van der Waals surface area contributed by atoms with Crippen LogP contribution >= 0.6 is 11.6 Å². The molecule has 0 radical (unpaired) electrons. The molecule has 0 bridgehead atoms. The number of amides is 2. The van der Waals surface area contributed by atoms with E-state index >= 15 is 0 Å². The summed E-state index contributed by atoms with van der Waals surface area (Å²) in [6.45, 7) is 8.67. The van der Waals surface area contributed by atoms with E-state index in [-0.39, 0.29) is 35.4 Å². The molecule has 30 heavy (non-hydrogen) atoms. The van der Waals surface area contributed by atoms with Gasteiger partial charge in [0.25, 0.3) is 0 Å². The summed E-state index contributed by atoms with van der Waals surface area (Å²) in [5, 5.41) is 3.12. The minimum atomic E-state index is -0.650. The van der Waals surface area contributed by atoms with Crippen molar-refractivity contribution in [1.82, 2.24) is 10.2 Å². The van der Waals surface area contributed by atoms with E-state index in [1.807, 2.05) is 52.0 Å². The molecule has 1 atom stereocenters. The quantitative estimate of drug-likeness (QED) is 0.612. The van der Waals surface area contributed by atoms with Crippen molar-refractivity contribution in [3.05, 3.63) is 70.0 Å². The number of benzene rings is 2. The summed E-state index contributed by atoms with van der Waals surface area (Å²) >= 11 is 6.13. The average molecular weight is 433 g/mol. The molecule has 0 unspecified atom stereocenters. The van der Waals surface area contributed by atoms with E-state index in [0.717, 1.165) is 11.1 Å². The molecule has 2 rings (SSSR count). The van der Waals surface area contributed by atoms with Gasteiger partial charge in [-0.3, -0.25) is 9.59 Å². The first-order valence-corrected chi connectivity index (χ1v) is 10.7. The lowest BCUT2D eigenvalue weighted by atomic mass is 10.1. The number of hydrogen-bond acceptors (Lipinski definition) is 2. The SMILES string of the molecule is CC[C@@H](C(=O)NCC(C)C)N(Cc1ccc(C)cc1)C(=O)Cc1c(F)cccc1Cl. The summed E-state index contributed by atoms with van der Waals surface area (Å²) in [4.78, 5) is 27.6. The van der Waals surface area contributed by atoms with Crippen molar-refractivity contribution >= 4 is 23.4 Å². The number of rotatable bonds is 9. The summed E-state index contributed by atoms with van der Waals surface area (Å²) < 4.78 is 14.3. The first-order chi connectivity index (χ1) is 14.2. The van der Waals surface area contributed by atoms with Crippen LogP contribution in [0.3, 0.4) is 0 Å². The van der Waals surface area contributed by atoms with Crippen LogP contribution in [0.25, 0.3) is 0 Å². The summed E-state index contributed by atoms with van der Waals surface area (Å²) in [6, 6.07) is 11.5. The van der Waals surface area contributed by atoms with Gasteiger partial charge in [-0.1, -0.05) is 68.3 Å². The van der Waals surface area contributed by atoms with Crippen molar-refractivity contribution in [3.63, 3.8) is 0 Å². The van der Waals surface area contributed by atoms with E-state index in [1.54, 1.807) is 6.07 Å². The van der Waals surface area contributed by atoms with Gasteiger partial charge in [0.15, 0.2) is 0 Å². The van der Waals surface area contributed by atoms with Crippen LogP contribution in [-0.2, 0) is 22.6 Å². The maximum absolute atomic E-state index is 14.3. The number of carbonyl (C=O) groups is 2. The van der Waals surface area contributed by atoms with Crippen molar-refractivity contribution in [2.45, 2.75) is 53.1 Å². The molecule has 0 fully saturated rings. The molecule has 6 heteroatoms. The van der Waals surface area contributed by atoms with Crippen LogP contribution in [0.15, 0.2) is 42.5 Å².